The van der Waals surface area contributed by atoms with E-state index >= 15 is 0 Å². The summed E-state index contributed by atoms with van der Waals surface area (Å²) in [5, 5.41) is 3.87. The molecule has 0 radical (unpaired) electrons. The number of carbonyl (C=O) groups is 1. The zero-order valence-corrected chi connectivity index (χ0v) is 12.8. The molecule has 1 aromatic heterocycles. The Morgan fingerprint density at radius 2 is 2.23 bits per heavy atom. The first-order chi connectivity index (χ1) is 10.5. The first kappa shape index (κ1) is 14.8. The van der Waals surface area contributed by atoms with Crippen molar-refractivity contribution in [2.75, 3.05) is 13.1 Å². The van der Waals surface area contributed by atoms with Gasteiger partial charge in [-0.05, 0) is 24.1 Å². The van der Waals surface area contributed by atoms with E-state index in [4.69, 9.17) is 4.52 Å². The summed E-state index contributed by atoms with van der Waals surface area (Å²) in [5.41, 5.74) is 1.29. The molecule has 1 atom stereocenters. The van der Waals surface area contributed by atoms with Crippen LogP contribution < -0.4 is 0 Å². The lowest BCUT2D eigenvalue weighted by molar-refractivity contribution is 0.0780. The minimum atomic E-state index is -0.236. The van der Waals surface area contributed by atoms with E-state index in [1.54, 1.807) is 23.1 Å². The molecule has 0 bridgehead atoms. The van der Waals surface area contributed by atoms with E-state index in [9.17, 15) is 9.18 Å². The quantitative estimate of drug-likeness (QED) is 0.871. The Bertz CT molecular complexity index is 681. The zero-order valence-electron chi connectivity index (χ0n) is 12.8. The van der Waals surface area contributed by atoms with Gasteiger partial charge in [0.2, 0.25) is 0 Å². The summed E-state index contributed by atoms with van der Waals surface area (Å²) in [7, 11) is 0. The third kappa shape index (κ3) is 2.89. The van der Waals surface area contributed by atoms with Crippen molar-refractivity contribution in [3.63, 3.8) is 0 Å². The highest BCUT2D eigenvalue weighted by atomic mass is 19.1. The fourth-order valence-electron chi connectivity index (χ4n) is 2.80. The molecule has 22 heavy (non-hydrogen) atoms. The highest BCUT2D eigenvalue weighted by molar-refractivity contribution is 5.92. The van der Waals surface area contributed by atoms with E-state index in [0.717, 1.165) is 12.0 Å². The van der Waals surface area contributed by atoms with Gasteiger partial charge in [-0.2, -0.15) is 0 Å². The predicted octanol–water partition coefficient (Wildman–Crippen LogP) is 3.57. The van der Waals surface area contributed by atoms with Gasteiger partial charge in [-0.25, -0.2) is 4.39 Å². The molecule has 1 unspecified atom stereocenters. The number of carbonyl (C=O) groups excluding carboxylic acids is 1. The third-order valence-electron chi connectivity index (χ3n) is 4.11. The summed E-state index contributed by atoms with van der Waals surface area (Å²) in [5.74, 6) is 0.739. The first-order valence-electron chi connectivity index (χ1n) is 7.56. The SMILES string of the molecule is CC(C)c1cc(C(=O)N2CCC(c3cccc(F)c3)C2)no1. The number of rotatable bonds is 3. The predicted molar refractivity (Wildman–Crippen MR) is 80.3 cm³/mol. The van der Waals surface area contributed by atoms with Crippen molar-refractivity contribution in [2.45, 2.75) is 32.1 Å². The molecule has 4 nitrogen and oxygen atoms in total. The molecule has 0 saturated carbocycles. The normalized spacial score (nSPS) is 18.2. The number of likely N-dealkylation sites (tertiary alicyclic amines) is 1. The van der Waals surface area contributed by atoms with Gasteiger partial charge in [0.05, 0.1) is 0 Å². The van der Waals surface area contributed by atoms with Crippen molar-refractivity contribution in [2.24, 2.45) is 0 Å². The Labute approximate surface area is 128 Å². The van der Waals surface area contributed by atoms with Gasteiger partial charge in [0, 0.05) is 31.0 Å². The lowest BCUT2D eigenvalue weighted by atomic mass is 9.98. The number of hydrogen-bond donors (Lipinski definition) is 0. The Hall–Kier alpha value is -2.17. The van der Waals surface area contributed by atoms with E-state index in [0.29, 0.717) is 24.5 Å². The van der Waals surface area contributed by atoms with Crippen molar-refractivity contribution in [3.8, 4) is 0 Å². The van der Waals surface area contributed by atoms with Gasteiger partial charge in [-0.1, -0.05) is 31.1 Å². The van der Waals surface area contributed by atoms with Crippen LogP contribution in [0.4, 0.5) is 4.39 Å². The molecule has 2 heterocycles. The molecular weight excluding hydrogens is 283 g/mol. The summed E-state index contributed by atoms with van der Waals surface area (Å²) in [6.07, 6.45) is 0.837. The minimum absolute atomic E-state index is 0.116. The molecule has 0 spiro atoms. The molecular formula is C17H19FN2O2. The van der Waals surface area contributed by atoms with Crippen LogP contribution in [0.3, 0.4) is 0 Å². The average Bonchev–Trinajstić information content (AvgIpc) is 3.16. The van der Waals surface area contributed by atoms with Crippen molar-refractivity contribution < 1.29 is 13.7 Å². The number of hydrogen-bond acceptors (Lipinski definition) is 3. The van der Waals surface area contributed by atoms with E-state index in [-0.39, 0.29) is 23.6 Å². The molecule has 1 amide bonds. The van der Waals surface area contributed by atoms with Crippen molar-refractivity contribution in [1.82, 2.24) is 10.1 Å². The second kappa shape index (κ2) is 5.91. The molecule has 5 heteroatoms. The molecule has 1 saturated heterocycles. The highest BCUT2D eigenvalue weighted by Crippen LogP contribution is 2.28. The summed E-state index contributed by atoms with van der Waals surface area (Å²) in [6, 6.07) is 8.31. The smallest absolute Gasteiger partial charge is 0.276 e. The number of amides is 1. The lowest BCUT2D eigenvalue weighted by Crippen LogP contribution is -2.28. The van der Waals surface area contributed by atoms with Gasteiger partial charge in [-0.3, -0.25) is 4.79 Å². The fraction of sp³-hybridized carbons (Fsp3) is 0.412. The van der Waals surface area contributed by atoms with Gasteiger partial charge in [-0.15, -0.1) is 0 Å². The molecule has 1 aromatic carbocycles. The minimum Gasteiger partial charge on any atom is -0.360 e. The maximum Gasteiger partial charge on any atom is 0.276 e. The maximum atomic E-state index is 13.3. The summed E-state index contributed by atoms with van der Waals surface area (Å²) < 4.78 is 18.5. The molecule has 1 fully saturated rings. The van der Waals surface area contributed by atoms with Crippen LogP contribution in [0.25, 0.3) is 0 Å². The number of nitrogens with zero attached hydrogens (tertiary/aromatic N) is 2. The van der Waals surface area contributed by atoms with Crippen LogP contribution in [0.1, 0.15) is 53.9 Å². The van der Waals surface area contributed by atoms with Crippen molar-refractivity contribution in [1.29, 1.82) is 0 Å². The lowest BCUT2D eigenvalue weighted by Gasteiger charge is -2.15. The van der Waals surface area contributed by atoms with E-state index in [1.807, 2.05) is 19.9 Å². The zero-order chi connectivity index (χ0) is 15.7. The molecule has 1 aliphatic heterocycles. The number of aromatic nitrogens is 1. The highest BCUT2D eigenvalue weighted by Gasteiger charge is 2.29. The maximum absolute atomic E-state index is 13.3. The van der Waals surface area contributed by atoms with Gasteiger partial charge < -0.3 is 9.42 Å². The van der Waals surface area contributed by atoms with Gasteiger partial charge in [0.25, 0.3) is 5.91 Å². The van der Waals surface area contributed by atoms with Crippen LogP contribution in [-0.4, -0.2) is 29.1 Å². The van der Waals surface area contributed by atoms with Gasteiger partial charge in [0.15, 0.2) is 5.69 Å². The van der Waals surface area contributed by atoms with E-state index in [1.165, 1.54) is 6.07 Å². The topological polar surface area (TPSA) is 46.3 Å². The van der Waals surface area contributed by atoms with Gasteiger partial charge >= 0.3 is 0 Å². The number of benzene rings is 1. The van der Waals surface area contributed by atoms with Crippen molar-refractivity contribution in [3.05, 3.63) is 53.2 Å². The Kier molecular flexibility index (Phi) is 3.96. The summed E-state index contributed by atoms with van der Waals surface area (Å²) in [4.78, 5) is 14.2. The standard InChI is InChI=1S/C17H19FN2O2/c1-11(2)16-9-15(19-22-16)17(21)20-7-6-13(10-20)12-4-3-5-14(18)8-12/h3-5,8-9,11,13H,6-7,10H2,1-2H3. The second-order valence-corrected chi connectivity index (χ2v) is 6.06. The largest absolute Gasteiger partial charge is 0.360 e. The first-order valence-corrected chi connectivity index (χ1v) is 7.56. The molecule has 3 rings (SSSR count). The second-order valence-electron chi connectivity index (χ2n) is 6.06. The Morgan fingerprint density at radius 3 is 2.91 bits per heavy atom. The third-order valence-corrected chi connectivity index (χ3v) is 4.11. The van der Waals surface area contributed by atoms with E-state index in [2.05, 4.69) is 5.16 Å². The van der Waals surface area contributed by atoms with Crippen molar-refractivity contribution >= 4 is 5.91 Å². The average molecular weight is 302 g/mol. The Morgan fingerprint density at radius 1 is 1.41 bits per heavy atom. The van der Waals surface area contributed by atoms with E-state index < -0.39 is 0 Å². The van der Waals surface area contributed by atoms with Crippen LogP contribution in [0.15, 0.2) is 34.9 Å². The molecule has 0 N–H and O–H groups in total. The van der Waals surface area contributed by atoms with Crippen LogP contribution in [0.5, 0.6) is 0 Å². The van der Waals surface area contributed by atoms with Crippen LogP contribution in [0, 0.1) is 5.82 Å². The molecule has 0 aliphatic carbocycles. The monoisotopic (exact) mass is 302 g/mol. The molecule has 2 aromatic rings. The van der Waals surface area contributed by atoms with Gasteiger partial charge in [0.1, 0.15) is 11.6 Å². The molecule has 1 aliphatic rings. The molecule has 116 valence electrons. The number of halogens is 1. The Balaban J connectivity index is 1.70. The summed E-state index contributed by atoms with van der Waals surface area (Å²) in [6.45, 7) is 5.23. The summed E-state index contributed by atoms with van der Waals surface area (Å²) >= 11 is 0. The van der Waals surface area contributed by atoms with Crippen LogP contribution in [0.2, 0.25) is 0 Å². The fourth-order valence-corrected chi connectivity index (χ4v) is 2.80. The van der Waals surface area contributed by atoms with Crippen LogP contribution >= 0.6 is 0 Å². The van der Waals surface area contributed by atoms with Crippen LogP contribution in [-0.2, 0) is 0 Å².